The fourth-order valence-electron chi connectivity index (χ4n) is 12.7. The van der Waals surface area contributed by atoms with E-state index in [1.165, 1.54) is 88.1 Å². The average molecular weight is 2060 g/mol. The number of fused-ring (bicyclic) bond motifs is 4. The Kier molecular flexibility index (Phi) is 47.5. The molecule has 2 amide bonds. The molecule has 0 radical (unpaired) electrons. The number of carbonyl (C=O) groups is 2. The normalized spacial score (nSPS) is 16.2. The maximum absolute atomic E-state index is 13.6. The third-order valence-electron chi connectivity index (χ3n) is 19.4. The SMILES string of the molecule is CCCCCCSSCCCCCCOP(=O)([O-])OCCOP(=O)([O-])OCC(CCCCNC(=O)c1cccc(-c2c3ccc(=O)cc-3oc3cc(O)ccc23)c1)COP(=O)([O-])OCCCOP(=O)([O-])OCCOP(=O)([O-])OCCCOP(=O)([O-])OCC(CCCCNC(=O)c1cccc(-c2c3ccc(=O)cc-3oc3cc(O)ccc23)c1)COP(=O)([O-])OCCCOP(=O)([O-])C(C)C. The van der Waals surface area contributed by atoms with Gasteiger partial charge in [-0.05, 0) is 148 Å². The summed E-state index contributed by atoms with van der Waals surface area (Å²) < 4.78 is 186. The van der Waals surface area contributed by atoms with E-state index in [9.17, 15) is 105 Å². The van der Waals surface area contributed by atoms with Crippen molar-refractivity contribution in [1.82, 2.24) is 10.6 Å². The van der Waals surface area contributed by atoms with Crippen molar-refractivity contribution in [2.45, 2.75) is 136 Å². The molecule has 740 valence electrons. The van der Waals surface area contributed by atoms with E-state index in [1.54, 1.807) is 72.8 Å². The molecule has 133 heavy (non-hydrogen) atoms. The first-order chi connectivity index (χ1) is 63.1. The zero-order valence-corrected chi connectivity index (χ0v) is 81.9. The van der Waals surface area contributed by atoms with Crippen LogP contribution in [0.5, 0.6) is 11.5 Å². The Labute approximate surface area is 776 Å². The number of phosphoric ester groups is 7. The lowest BCUT2D eigenvalue weighted by atomic mass is 9.92. The number of carbonyl (C=O) groups excluding carboxylic acids is 2. The summed E-state index contributed by atoms with van der Waals surface area (Å²) in [7, 11) is -36.8. The van der Waals surface area contributed by atoms with Crippen LogP contribution in [0.15, 0.2) is 140 Å². The van der Waals surface area contributed by atoms with Gasteiger partial charge >= 0.3 is 0 Å². The van der Waals surface area contributed by atoms with E-state index in [2.05, 4.69) is 31.1 Å². The fourth-order valence-corrected chi connectivity index (χ4v) is 21.0. The molecular formula is C82H108N2O39P8S2-8. The summed E-state index contributed by atoms with van der Waals surface area (Å²) in [5.74, 6) is -0.656. The van der Waals surface area contributed by atoms with Crippen LogP contribution in [0, 0.1) is 11.8 Å². The van der Waals surface area contributed by atoms with Crippen molar-refractivity contribution in [2.75, 3.05) is 124 Å². The van der Waals surface area contributed by atoms with Crippen molar-refractivity contribution in [3.63, 3.8) is 0 Å². The Balaban J connectivity index is 0.738. The summed E-state index contributed by atoms with van der Waals surface area (Å²) in [5, 5.41) is 27.2. The molecule has 8 rings (SSSR count). The number of rotatable bonds is 69. The van der Waals surface area contributed by atoms with Gasteiger partial charge in [0.15, 0.2) is 10.9 Å². The number of hydrogen-bond donors (Lipinski definition) is 4. The molecule has 41 nitrogen and oxygen atoms in total. The third-order valence-corrected chi connectivity index (χ3v) is 30.7. The molecule has 4 aliphatic rings. The highest BCUT2D eigenvalue weighted by molar-refractivity contribution is 8.76. The van der Waals surface area contributed by atoms with Crippen LogP contribution in [0.3, 0.4) is 0 Å². The Morgan fingerprint density at radius 3 is 1.06 bits per heavy atom. The van der Waals surface area contributed by atoms with Crippen molar-refractivity contribution in [1.29, 1.82) is 0 Å². The fraction of sp³-hybridized carbons (Fsp3) is 0.512. The monoisotopic (exact) mass is 2060 g/mol. The predicted molar refractivity (Wildman–Crippen MR) is 478 cm³/mol. The van der Waals surface area contributed by atoms with Crippen molar-refractivity contribution in [3.05, 3.63) is 153 Å². The van der Waals surface area contributed by atoms with Gasteiger partial charge in [0.05, 0.1) is 99.1 Å². The average Bonchev–Trinajstić information content (AvgIpc) is 0.758. The number of amides is 2. The number of aromatic hydroxyl groups is 2. The first-order valence-corrected chi connectivity index (χ1v) is 57.0. The number of nitrogens with one attached hydrogen (secondary N) is 2. The highest BCUT2D eigenvalue weighted by Crippen LogP contribution is 2.49. The van der Waals surface area contributed by atoms with Crippen molar-refractivity contribution in [2.24, 2.45) is 11.8 Å². The zero-order chi connectivity index (χ0) is 96.7. The molecule has 51 heteroatoms. The summed E-state index contributed by atoms with van der Waals surface area (Å²) in [6.45, 7) is -5.53. The molecule has 4 N–H and O–H groups in total. The van der Waals surface area contributed by atoms with Gasteiger partial charge in [-0.1, -0.05) is 112 Å². The van der Waals surface area contributed by atoms with E-state index < -0.39 is 197 Å². The molecule has 0 saturated carbocycles. The van der Waals surface area contributed by atoms with Gasteiger partial charge in [-0.2, -0.15) is 0 Å². The second kappa shape index (κ2) is 56.0. The number of unbranched alkanes of at least 4 members (excludes halogenated alkanes) is 8. The van der Waals surface area contributed by atoms with Crippen LogP contribution in [-0.2, 0) is 104 Å². The Bertz CT molecular complexity index is 5500. The molecular weight excluding hydrogens is 1950 g/mol. The molecule has 0 aromatic heterocycles. The minimum Gasteiger partial charge on any atom is -0.778 e. The summed E-state index contributed by atoms with van der Waals surface area (Å²) in [6, 6.07) is 30.7. The van der Waals surface area contributed by atoms with Crippen molar-refractivity contribution < 1.29 is 172 Å². The van der Waals surface area contributed by atoms with Crippen molar-refractivity contribution in [3.8, 4) is 56.4 Å². The first kappa shape index (κ1) is 113. The van der Waals surface area contributed by atoms with Gasteiger partial charge < -0.3 is 141 Å². The summed E-state index contributed by atoms with van der Waals surface area (Å²) >= 11 is 0. The number of benzene rings is 6. The highest BCUT2D eigenvalue weighted by atomic mass is 33.1. The summed E-state index contributed by atoms with van der Waals surface area (Å²) in [5.41, 5.74) is 3.11. The molecule has 4 aromatic carbocycles. The van der Waals surface area contributed by atoms with Gasteiger partial charge in [0.25, 0.3) is 66.6 Å². The number of phenols is 2. The molecule has 0 spiro atoms. The summed E-state index contributed by atoms with van der Waals surface area (Å²) in [6.07, 6.45) is 7.61. The molecule has 0 bridgehead atoms. The molecule has 0 fully saturated rings. The smallest absolute Gasteiger partial charge is 0.267 e. The molecule has 10 unspecified atom stereocenters. The number of hydrogen-bond acceptors (Lipinski definition) is 41. The summed E-state index contributed by atoms with van der Waals surface area (Å²) in [4.78, 5) is 153. The predicted octanol–water partition coefficient (Wildman–Crippen LogP) is 12.8. The van der Waals surface area contributed by atoms with Gasteiger partial charge in [0, 0.05) is 111 Å². The first-order valence-electron chi connectivity index (χ1n) is 42.7. The largest absolute Gasteiger partial charge is 0.778 e. The van der Waals surface area contributed by atoms with Crippen LogP contribution < -0.4 is 60.6 Å². The van der Waals surface area contributed by atoms with Gasteiger partial charge in [-0.25, -0.2) is 0 Å². The van der Waals surface area contributed by atoms with Gasteiger partial charge in [-0.3, -0.25) is 51.1 Å². The van der Waals surface area contributed by atoms with Crippen molar-refractivity contribution >= 4 is 118 Å². The maximum Gasteiger partial charge on any atom is 0.267 e. The molecule has 2 heterocycles. The molecule has 2 aliphatic carbocycles. The van der Waals surface area contributed by atoms with Crippen LogP contribution >= 0.6 is 83.9 Å². The van der Waals surface area contributed by atoms with Crippen LogP contribution in [0.25, 0.3) is 66.8 Å². The lowest BCUT2D eigenvalue weighted by Crippen LogP contribution is -2.25. The molecule has 4 aromatic rings. The van der Waals surface area contributed by atoms with Crippen LogP contribution in [0.4, 0.5) is 0 Å². The lowest BCUT2D eigenvalue weighted by molar-refractivity contribution is -0.235. The number of phosphoric acid groups is 7. The van der Waals surface area contributed by atoms with Gasteiger partial charge in [0.2, 0.25) is 0 Å². The van der Waals surface area contributed by atoms with E-state index in [-0.39, 0.29) is 121 Å². The van der Waals surface area contributed by atoms with Crippen LogP contribution in [-0.4, -0.2) is 151 Å². The van der Waals surface area contributed by atoms with E-state index in [0.717, 1.165) is 24.3 Å². The minimum absolute atomic E-state index is 0.00616. The Morgan fingerprint density at radius 2 is 0.699 bits per heavy atom. The topological polar surface area (TPSA) is 619 Å². The van der Waals surface area contributed by atoms with E-state index >= 15 is 0 Å². The van der Waals surface area contributed by atoms with Gasteiger partial charge in [0.1, 0.15) is 41.8 Å². The van der Waals surface area contributed by atoms with Crippen LogP contribution in [0.2, 0.25) is 0 Å². The molecule has 0 saturated heterocycles. The highest BCUT2D eigenvalue weighted by Gasteiger charge is 2.27. The van der Waals surface area contributed by atoms with E-state index in [1.807, 2.05) is 21.6 Å². The zero-order valence-electron chi connectivity index (χ0n) is 73.1. The molecule has 2 aliphatic heterocycles. The minimum atomic E-state index is -5.28. The second-order valence-corrected chi connectivity index (χ2v) is 45.3. The Morgan fingerprint density at radius 1 is 0.368 bits per heavy atom. The maximum atomic E-state index is 13.6. The number of phenolic OH excluding ortho intramolecular Hbond substituents is 2. The lowest BCUT2D eigenvalue weighted by Gasteiger charge is -2.29. The van der Waals surface area contributed by atoms with E-state index in [4.69, 9.17) is 63.1 Å². The molecule has 10 atom stereocenters. The third kappa shape index (κ3) is 41.8. The van der Waals surface area contributed by atoms with Gasteiger partial charge in [-0.15, -0.1) is 0 Å². The quantitative estimate of drug-likeness (QED) is 0.0119. The standard InChI is InChI=1S/C82H116N2O39P8S2/c1-4-5-6-14-48-132-133-49-15-8-7-13-37-108-125(93,94)114-46-47-117-131(105,106)121-59-62(22-10-12-36-84-82(90)66-26-17-24-64(51-66)80-73-33-29-69(87)54-77(73)123-78-55-70(88)30-34-74(78)80)58-120-130(103,104)113-43-20-41-110-127(97,98)116-45-44-115-126(95,96)109-40-19-42-112-129(101,102)119-57-61(56-118-128(99,100)111-39-18-38-107-124(91,92)60(2)3)21-9-11-35-83-81(89)65-25-16-23-63(50-65)79-71-31-27-67(85)52-75(71)122-76-53-68(86)28-32-72(76)79/h16-17,23-34,50-55,60-62,85,87H,4-15,18-22,35-49,56-59H2,1-3H3,(H,83,89)(H,84,90)(H,91,92)(H,93,94)(H,95,96)(H,97,98)(H,99,100)(H,101,102)(H,103,104)(H,105,106)/p-8. The Hall–Kier alpha value is -5.58. The second-order valence-electron chi connectivity index (χ2n) is 30.3. The van der Waals surface area contributed by atoms with E-state index in [0.29, 0.717) is 57.0 Å². The van der Waals surface area contributed by atoms with Crippen LogP contribution in [0.1, 0.15) is 151 Å².